The van der Waals surface area contributed by atoms with E-state index in [1.165, 1.54) is 24.8 Å². The van der Waals surface area contributed by atoms with Crippen LogP contribution < -0.4 is 0 Å². The maximum Gasteiger partial charge on any atom is 0.0798 e. The smallest absolute Gasteiger partial charge is 0.0798 e. The fraction of sp³-hybridized carbons (Fsp3) is 0.700. The highest BCUT2D eigenvalue weighted by molar-refractivity contribution is 5.95. The molecule has 1 unspecified atom stereocenters. The monoisotopic (exact) mass is 167 g/mol. The van der Waals surface area contributed by atoms with E-state index in [-0.39, 0.29) is 0 Å². The summed E-state index contributed by atoms with van der Waals surface area (Å²) >= 11 is 0. The highest BCUT2D eigenvalue weighted by Crippen LogP contribution is 2.25. The fourth-order valence-electron chi connectivity index (χ4n) is 1.91. The zero-order valence-corrected chi connectivity index (χ0v) is 7.88. The first-order valence-electron chi connectivity index (χ1n) is 4.64. The molecule has 1 aliphatic rings. The molecule has 1 atom stereocenters. The standard InChI is InChI=1S/C10H17NO/c1-3-4-9-5-8(2)6-10(7-9)11-12/h6,9,12H,3-5,7H2,1-2H3/b11-10+. The molecule has 68 valence electrons. The van der Waals surface area contributed by atoms with Crippen LogP contribution in [0.1, 0.15) is 39.5 Å². The van der Waals surface area contributed by atoms with Gasteiger partial charge in [0.25, 0.3) is 0 Å². The van der Waals surface area contributed by atoms with Crippen LogP contribution >= 0.6 is 0 Å². The third-order valence-electron chi connectivity index (χ3n) is 2.35. The molecule has 2 heteroatoms. The van der Waals surface area contributed by atoms with Crippen LogP contribution in [0.5, 0.6) is 0 Å². The van der Waals surface area contributed by atoms with Crippen LogP contribution in [-0.4, -0.2) is 10.9 Å². The molecule has 2 nitrogen and oxygen atoms in total. The molecule has 0 amide bonds. The molecule has 1 rings (SSSR count). The van der Waals surface area contributed by atoms with Crippen molar-refractivity contribution in [1.29, 1.82) is 0 Å². The number of hydrogen-bond acceptors (Lipinski definition) is 2. The topological polar surface area (TPSA) is 32.6 Å². The molecule has 0 saturated carbocycles. The van der Waals surface area contributed by atoms with E-state index in [4.69, 9.17) is 5.21 Å². The molecule has 0 aromatic rings. The Morgan fingerprint density at radius 1 is 1.58 bits per heavy atom. The van der Waals surface area contributed by atoms with Crippen LogP contribution in [0.3, 0.4) is 0 Å². The summed E-state index contributed by atoms with van der Waals surface area (Å²) in [5.41, 5.74) is 2.18. The van der Waals surface area contributed by atoms with Crippen molar-refractivity contribution in [3.8, 4) is 0 Å². The first kappa shape index (κ1) is 9.30. The summed E-state index contributed by atoms with van der Waals surface area (Å²) < 4.78 is 0. The van der Waals surface area contributed by atoms with Gasteiger partial charge in [-0.2, -0.15) is 0 Å². The molecule has 1 N–H and O–H groups in total. The summed E-state index contributed by atoms with van der Waals surface area (Å²) in [6.07, 6.45) is 6.57. The maximum atomic E-state index is 8.64. The predicted octanol–water partition coefficient (Wildman–Crippen LogP) is 2.97. The van der Waals surface area contributed by atoms with Crippen LogP contribution in [0.4, 0.5) is 0 Å². The molecular formula is C10H17NO. The minimum atomic E-state index is 0.700. The second kappa shape index (κ2) is 4.29. The van der Waals surface area contributed by atoms with Crippen molar-refractivity contribution in [1.82, 2.24) is 0 Å². The van der Waals surface area contributed by atoms with Crippen molar-refractivity contribution in [2.45, 2.75) is 39.5 Å². The minimum absolute atomic E-state index is 0.700. The van der Waals surface area contributed by atoms with Gasteiger partial charge in [-0.1, -0.05) is 30.5 Å². The van der Waals surface area contributed by atoms with Crippen LogP contribution in [0.15, 0.2) is 16.8 Å². The van der Waals surface area contributed by atoms with Gasteiger partial charge in [-0.15, -0.1) is 0 Å². The van der Waals surface area contributed by atoms with Crippen molar-refractivity contribution in [3.63, 3.8) is 0 Å². The first-order chi connectivity index (χ1) is 5.76. The third-order valence-corrected chi connectivity index (χ3v) is 2.35. The van der Waals surface area contributed by atoms with Crippen molar-refractivity contribution in [3.05, 3.63) is 11.6 Å². The van der Waals surface area contributed by atoms with Gasteiger partial charge >= 0.3 is 0 Å². The Hall–Kier alpha value is -0.790. The summed E-state index contributed by atoms with van der Waals surface area (Å²) in [5.74, 6) is 0.700. The van der Waals surface area contributed by atoms with Crippen molar-refractivity contribution in [2.75, 3.05) is 0 Å². The highest BCUT2D eigenvalue weighted by Gasteiger charge is 2.16. The van der Waals surface area contributed by atoms with Gasteiger partial charge in [0, 0.05) is 0 Å². The van der Waals surface area contributed by atoms with Crippen LogP contribution in [0, 0.1) is 5.92 Å². The lowest BCUT2D eigenvalue weighted by atomic mass is 9.85. The van der Waals surface area contributed by atoms with Gasteiger partial charge in [0.05, 0.1) is 5.71 Å². The van der Waals surface area contributed by atoms with Gasteiger partial charge in [-0.05, 0) is 31.8 Å². The summed E-state index contributed by atoms with van der Waals surface area (Å²) in [6.45, 7) is 4.30. The van der Waals surface area contributed by atoms with E-state index >= 15 is 0 Å². The van der Waals surface area contributed by atoms with Gasteiger partial charge in [-0.3, -0.25) is 0 Å². The summed E-state index contributed by atoms with van der Waals surface area (Å²) in [5, 5.41) is 11.9. The minimum Gasteiger partial charge on any atom is -0.411 e. The predicted molar refractivity (Wildman–Crippen MR) is 50.6 cm³/mol. The second-order valence-electron chi connectivity index (χ2n) is 3.64. The summed E-state index contributed by atoms with van der Waals surface area (Å²) in [7, 11) is 0. The normalized spacial score (nSPS) is 27.3. The maximum absolute atomic E-state index is 8.64. The van der Waals surface area contributed by atoms with Crippen LogP contribution in [-0.2, 0) is 0 Å². The number of nitrogens with zero attached hydrogens (tertiary/aromatic N) is 1. The Morgan fingerprint density at radius 3 is 2.92 bits per heavy atom. The number of hydrogen-bond donors (Lipinski definition) is 1. The third kappa shape index (κ3) is 2.36. The van der Waals surface area contributed by atoms with Crippen LogP contribution in [0.2, 0.25) is 0 Å². The SMILES string of the molecule is CCCC1CC(C)=C/C(=N\O)C1. The van der Waals surface area contributed by atoms with E-state index in [1.54, 1.807) is 0 Å². The zero-order valence-electron chi connectivity index (χ0n) is 7.88. The van der Waals surface area contributed by atoms with Gasteiger partial charge in [-0.25, -0.2) is 0 Å². The Morgan fingerprint density at radius 2 is 2.33 bits per heavy atom. The molecule has 0 fully saturated rings. The van der Waals surface area contributed by atoms with Gasteiger partial charge < -0.3 is 5.21 Å². The summed E-state index contributed by atoms with van der Waals surface area (Å²) in [4.78, 5) is 0. The Balaban J connectivity index is 2.59. The number of oxime groups is 1. The molecule has 0 aromatic carbocycles. The highest BCUT2D eigenvalue weighted by atomic mass is 16.4. The molecule has 0 heterocycles. The van der Waals surface area contributed by atoms with Crippen molar-refractivity contribution in [2.24, 2.45) is 11.1 Å². The molecule has 0 bridgehead atoms. The second-order valence-corrected chi connectivity index (χ2v) is 3.64. The first-order valence-corrected chi connectivity index (χ1v) is 4.64. The van der Waals surface area contributed by atoms with E-state index in [1.807, 2.05) is 6.08 Å². The lowest BCUT2D eigenvalue weighted by Crippen LogP contribution is -2.13. The lowest BCUT2D eigenvalue weighted by molar-refractivity contribution is 0.315. The Labute approximate surface area is 74.0 Å². The lowest BCUT2D eigenvalue weighted by Gasteiger charge is -2.20. The fourth-order valence-corrected chi connectivity index (χ4v) is 1.91. The van der Waals surface area contributed by atoms with E-state index in [9.17, 15) is 0 Å². The molecule has 0 radical (unpaired) electrons. The van der Waals surface area contributed by atoms with Crippen LogP contribution in [0.25, 0.3) is 0 Å². The average molecular weight is 167 g/mol. The largest absolute Gasteiger partial charge is 0.411 e. The van der Waals surface area contributed by atoms with Gasteiger partial charge in [0.1, 0.15) is 0 Å². The van der Waals surface area contributed by atoms with E-state index in [0.717, 1.165) is 12.1 Å². The van der Waals surface area contributed by atoms with Gasteiger partial charge in [0.15, 0.2) is 0 Å². The quantitative estimate of drug-likeness (QED) is 0.497. The molecule has 1 aliphatic carbocycles. The van der Waals surface area contributed by atoms with E-state index < -0.39 is 0 Å². The number of rotatable bonds is 2. The molecule has 12 heavy (non-hydrogen) atoms. The molecule has 0 aliphatic heterocycles. The van der Waals surface area contributed by atoms with E-state index in [2.05, 4.69) is 19.0 Å². The average Bonchev–Trinajstić information content (AvgIpc) is 2.04. The molecule has 0 spiro atoms. The van der Waals surface area contributed by atoms with Gasteiger partial charge in [0.2, 0.25) is 0 Å². The Kier molecular flexibility index (Phi) is 3.32. The van der Waals surface area contributed by atoms with Crippen molar-refractivity contribution >= 4 is 5.71 Å². The molecular weight excluding hydrogens is 150 g/mol. The number of allylic oxidation sites excluding steroid dienone is 2. The molecule has 0 aromatic heterocycles. The van der Waals surface area contributed by atoms with E-state index in [0.29, 0.717) is 5.92 Å². The van der Waals surface area contributed by atoms with Crippen molar-refractivity contribution < 1.29 is 5.21 Å². The molecule has 0 saturated heterocycles. The summed E-state index contributed by atoms with van der Waals surface area (Å²) in [6, 6.07) is 0. The zero-order chi connectivity index (χ0) is 8.97. The Bertz CT molecular complexity index is 206.